The molecule has 1 aliphatic carbocycles. The minimum absolute atomic E-state index is 0. The smallest absolute Gasteiger partial charge is 0.191 e. The van der Waals surface area contributed by atoms with E-state index in [1.165, 1.54) is 12.0 Å². The van der Waals surface area contributed by atoms with E-state index in [4.69, 9.17) is 4.74 Å². The minimum atomic E-state index is 0. The van der Waals surface area contributed by atoms with Crippen LogP contribution in [0.5, 0.6) is 0 Å². The summed E-state index contributed by atoms with van der Waals surface area (Å²) in [5.41, 5.74) is 1.41. The van der Waals surface area contributed by atoms with Crippen LogP contribution >= 0.6 is 24.0 Å². The quantitative estimate of drug-likeness (QED) is 0.287. The number of nitrogens with one attached hydrogen (secondary N) is 2. The third kappa shape index (κ3) is 7.52. The van der Waals surface area contributed by atoms with Gasteiger partial charge in [-0.15, -0.1) is 24.0 Å². The van der Waals surface area contributed by atoms with Crippen LogP contribution in [0.4, 0.5) is 0 Å². The maximum absolute atomic E-state index is 5.58. The summed E-state index contributed by atoms with van der Waals surface area (Å²) in [5.74, 6) is 2.12. The number of rotatable bonds is 8. The fraction of sp³-hybridized carbons (Fsp3) is 0.611. The number of ether oxygens (including phenoxy) is 1. The van der Waals surface area contributed by atoms with Crippen LogP contribution in [0.3, 0.4) is 0 Å². The molecule has 23 heavy (non-hydrogen) atoms. The summed E-state index contributed by atoms with van der Waals surface area (Å²) < 4.78 is 5.58. The normalized spacial score (nSPS) is 20.1. The summed E-state index contributed by atoms with van der Waals surface area (Å²) >= 11 is 0. The van der Waals surface area contributed by atoms with E-state index >= 15 is 0 Å². The van der Waals surface area contributed by atoms with Crippen LogP contribution in [-0.4, -0.2) is 38.8 Å². The highest BCUT2D eigenvalue weighted by molar-refractivity contribution is 14.0. The maximum Gasteiger partial charge on any atom is 0.191 e. The van der Waals surface area contributed by atoms with E-state index in [9.17, 15) is 0 Å². The second-order valence-electron chi connectivity index (χ2n) is 6.33. The van der Waals surface area contributed by atoms with E-state index in [2.05, 4.69) is 59.8 Å². The molecule has 1 aromatic carbocycles. The highest BCUT2D eigenvalue weighted by Gasteiger charge is 2.38. The fourth-order valence-corrected chi connectivity index (χ4v) is 2.49. The first-order chi connectivity index (χ1) is 10.7. The van der Waals surface area contributed by atoms with E-state index in [1.807, 2.05) is 7.05 Å². The summed E-state index contributed by atoms with van der Waals surface area (Å²) in [6, 6.07) is 11.2. The number of hydrogen-bond donors (Lipinski definition) is 2. The Morgan fingerprint density at radius 2 is 2.04 bits per heavy atom. The zero-order valence-electron chi connectivity index (χ0n) is 14.4. The van der Waals surface area contributed by atoms with E-state index in [1.54, 1.807) is 0 Å². The number of aliphatic imine (C=N–C) groups is 1. The Morgan fingerprint density at radius 3 is 2.70 bits per heavy atom. The third-order valence-electron chi connectivity index (χ3n) is 3.77. The summed E-state index contributed by atoms with van der Waals surface area (Å²) in [6.45, 7) is 6.87. The van der Waals surface area contributed by atoms with Crippen molar-refractivity contribution in [3.05, 3.63) is 35.9 Å². The number of halogens is 1. The molecule has 1 fully saturated rings. The van der Waals surface area contributed by atoms with E-state index < -0.39 is 0 Å². The first kappa shape index (κ1) is 20.2. The summed E-state index contributed by atoms with van der Waals surface area (Å²) in [6.07, 6.45) is 2.18. The second kappa shape index (κ2) is 10.9. The van der Waals surface area contributed by atoms with Gasteiger partial charge in [-0.1, -0.05) is 44.2 Å². The third-order valence-corrected chi connectivity index (χ3v) is 3.77. The lowest BCUT2D eigenvalue weighted by molar-refractivity contribution is 0.108. The van der Waals surface area contributed by atoms with E-state index in [0.29, 0.717) is 17.9 Å². The molecule has 0 spiro atoms. The Hall–Kier alpha value is -0.820. The fourth-order valence-electron chi connectivity index (χ4n) is 2.49. The largest absolute Gasteiger partial charge is 0.381 e. The number of hydrogen-bond acceptors (Lipinski definition) is 2. The summed E-state index contributed by atoms with van der Waals surface area (Å²) in [7, 11) is 1.82. The molecule has 2 rings (SSSR count). The Kier molecular flexibility index (Phi) is 9.55. The van der Waals surface area contributed by atoms with Gasteiger partial charge in [0.25, 0.3) is 0 Å². The van der Waals surface area contributed by atoms with Crippen molar-refractivity contribution in [1.82, 2.24) is 10.6 Å². The molecular weight excluding hydrogens is 401 g/mol. The number of guanidine groups is 1. The molecule has 0 radical (unpaired) electrons. The van der Waals surface area contributed by atoms with Gasteiger partial charge in [0.05, 0.1) is 0 Å². The Labute approximate surface area is 157 Å². The topological polar surface area (TPSA) is 45.7 Å². The van der Waals surface area contributed by atoms with Crippen molar-refractivity contribution in [2.24, 2.45) is 10.9 Å². The lowest BCUT2D eigenvalue weighted by atomic mass is 10.1. The van der Waals surface area contributed by atoms with Crippen molar-refractivity contribution in [1.29, 1.82) is 0 Å². The molecule has 1 saturated carbocycles. The van der Waals surface area contributed by atoms with Gasteiger partial charge in [-0.25, -0.2) is 0 Å². The van der Waals surface area contributed by atoms with Crippen molar-refractivity contribution in [3.63, 3.8) is 0 Å². The van der Waals surface area contributed by atoms with Crippen molar-refractivity contribution in [2.75, 3.05) is 26.8 Å². The predicted octanol–water partition coefficient (Wildman–Crippen LogP) is 3.39. The van der Waals surface area contributed by atoms with Gasteiger partial charge in [0.15, 0.2) is 5.96 Å². The zero-order valence-corrected chi connectivity index (χ0v) is 16.7. The lowest BCUT2D eigenvalue weighted by Gasteiger charge is -2.12. The molecule has 0 saturated heterocycles. The molecule has 130 valence electrons. The lowest BCUT2D eigenvalue weighted by Crippen LogP contribution is -2.39. The van der Waals surface area contributed by atoms with Gasteiger partial charge >= 0.3 is 0 Å². The number of nitrogens with zero attached hydrogens (tertiary/aromatic N) is 1. The van der Waals surface area contributed by atoms with Crippen molar-refractivity contribution in [3.8, 4) is 0 Å². The molecule has 0 heterocycles. The first-order valence-electron chi connectivity index (χ1n) is 8.30. The Morgan fingerprint density at radius 1 is 1.30 bits per heavy atom. The minimum Gasteiger partial charge on any atom is -0.381 e. The molecule has 0 aromatic heterocycles. The van der Waals surface area contributed by atoms with Crippen LogP contribution < -0.4 is 10.6 Å². The SMILES string of the molecule is CN=C(NCCCOCC(C)C)NC1CC1c1ccccc1.I. The van der Waals surface area contributed by atoms with Crippen LogP contribution in [0, 0.1) is 5.92 Å². The molecule has 2 unspecified atom stereocenters. The van der Waals surface area contributed by atoms with Gasteiger partial charge in [-0.2, -0.15) is 0 Å². The van der Waals surface area contributed by atoms with Crippen LogP contribution in [0.2, 0.25) is 0 Å². The summed E-state index contributed by atoms with van der Waals surface area (Å²) in [4.78, 5) is 4.30. The van der Waals surface area contributed by atoms with Gasteiger partial charge in [0.1, 0.15) is 0 Å². The van der Waals surface area contributed by atoms with Crippen molar-refractivity contribution in [2.45, 2.75) is 38.6 Å². The van der Waals surface area contributed by atoms with Crippen LogP contribution in [0.1, 0.15) is 38.2 Å². The van der Waals surface area contributed by atoms with Gasteiger partial charge in [-0.05, 0) is 24.3 Å². The van der Waals surface area contributed by atoms with Crippen LogP contribution in [-0.2, 0) is 4.74 Å². The molecule has 1 aromatic rings. The Balaban J connectivity index is 0.00000264. The van der Waals surface area contributed by atoms with Crippen molar-refractivity contribution >= 4 is 29.9 Å². The van der Waals surface area contributed by atoms with Crippen molar-refractivity contribution < 1.29 is 4.74 Å². The molecule has 2 atom stereocenters. The van der Waals surface area contributed by atoms with E-state index in [-0.39, 0.29) is 24.0 Å². The molecule has 1 aliphatic rings. The molecule has 0 amide bonds. The molecule has 0 bridgehead atoms. The maximum atomic E-state index is 5.58. The highest BCUT2D eigenvalue weighted by atomic mass is 127. The number of benzene rings is 1. The molecule has 4 nitrogen and oxygen atoms in total. The second-order valence-corrected chi connectivity index (χ2v) is 6.33. The monoisotopic (exact) mass is 431 g/mol. The zero-order chi connectivity index (χ0) is 15.8. The first-order valence-corrected chi connectivity index (χ1v) is 8.30. The standard InChI is InChI=1S/C18H29N3O.HI/c1-14(2)13-22-11-7-10-20-18(19-3)21-17-12-16(17)15-8-5-4-6-9-15;/h4-6,8-9,14,16-17H,7,10-13H2,1-3H3,(H2,19,20,21);1H. The average Bonchev–Trinajstić information content (AvgIpc) is 3.29. The summed E-state index contributed by atoms with van der Waals surface area (Å²) in [5, 5.41) is 6.86. The predicted molar refractivity (Wildman–Crippen MR) is 108 cm³/mol. The van der Waals surface area contributed by atoms with Gasteiger partial charge in [0.2, 0.25) is 0 Å². The highest BCUT2D eigenvalue weighted by Crippen LogP contribution is 2.40. The molecule has 0 aliphatic heterocycles. The van der Waals surface area contributed by atoms with Gasteiger partial charge in [-0.3, -0.25) is 4.99 Å². The van der Waals surface area contributed by atoms with Crippen LogP contribution in [0.25, 0.3) is 0 Å². The van der Waals surface area contributed by atoms with Gasteiger partial charge < -0.3 is 15.4 Å². The van der Waals surface area contributed by atoms with Gasteiger partial charge in [0, 0.05) is 38.8 Å². The molecular formula is C18H30IN3O. The molecule has 2 N–H and O–H groups in total. The Bertz CT molecular complexity index is 465. The van der Waals surface area contributed by atoms with E-state index in [0.717, 1.165) is 32.1 Å². The average molecular weight is 431 g/mol. The molecule has 5 heteroatoms. The van der Waals surface area contributed by atoms with Crippen LogP contribution in [0.15, 0.2) is 35.3 Å².